The summed E-state index contributed by atoms with van der Waals surface area (Å²) in [5.41, 5.74) is 3.12. The number of benzene rings is 1. The van der Waals surface area contributed by atoms with Crippen molar-refractivity contribution in [1.29, 1.82) is 0 Å². The van der Waals surface area contributed by atoms with Crippen LogP contribution in [0.25, 0.3) is 0 Å². The van der Waals surface area contributed by atoms with E-state index >= 15 is 0 Å². The first-order valence-corrected chi connectivity index (χ1v) is 15.5. The van der Waals surface area contributed by atoms with Gasteiger partial charge in [-0.2, -0.15) is 0 Å². The number of aromatic nitrogens is 2. The lowest BCUT2D eigenvalue weighted by Gasteiger charge is -2.30. The van der Waals surface area contributed by atoms with Crippen LogP contribution in [0.1, 0.15) is 77.3 Å². The monoisotopic (exact) mass is 543 g/mol. The second-order valence-electron chi connectivity index (χ2n) is 12.0. The molecule has 2 N–H and O–H groups in total. The van der Waals surface area contributed by atoms with E-state index < -0.39 is 0 Å². The molecular weight excluding hydrogens is 506 g/mol. The van der Waals surface area contributed by atoms with E-state index in [0.29, 0.717) is 11.5 Å². The van der Waals surface area contributed by atoms with Gasteiger partial charge in [0, 0.05) is 48.9 Å². The molecule has 2 aromatic heterocycles. The topological polar surface area (TPSA) is 79.3 Å². The van der Waals surface area contributed by atoms with Crippen molar-refractivity contribution in [2.45, 2.75) is 70.4 Å². The number of thiophene rings is 1. The molecule has 8 heteroatoms. The van der Waals surface area contributed by atoms with Crippen LogP contribution >= 0.6 is 11.3 Å². The Morgan fingerprint density at radius 2 is 1.82 bits per heavy atom. The van der Waals surface area contributed by atoms with Gasteiger partial charge < -0.3 is 20.1 Å². The number of hydrogen-bond acceptors (Lipinski definition) is 5. The minimum Gasteiger partial charge on any atom is -0.352 e. The number of nitrogens with one attached hydrogen (secondary N) is 2. The highest BCUT2D eigenvalue weighted by molar-refractivity contribution is 7.17. The molecule has 3 saturated carbocycles. The van der Waals surface area contributed by atoms with Gasteiger partial charge in [-0.1, -0.05) is 30.3 Å². The lowest BCUT2D eigenvalue weighted by Crippen LogP contribution is -2.31. The van der Waals surface area contributed by atoms with Crippen LogP contribution in [0.4, 0.5) is 10.9 Å². The van der Waals surface area contributed by atoms with Crippen molar-refractivity contribution in [2.24, 2.45) is 17.8 Å². The molecule has 1 aromatic carbocycles. The van der Waals surface area contributed by atoms with Crippen molar-refractivity contribution in [1.82, 2.24) is 14.9 Å². The normalized spacial score (nSPS) is 20.4. The number of anilines is 2. The Balaban J connectivity index is 1.16. The molecule has 0 bridgehead atoms. The molecule has 0 unspecified atom stereocenters. The predicted octanol–water partition coefficient (Wildman–Crippen LogP) is 5.58. The third-order valence-electron chi connectivity index (χ3n) is 8.61. The molecule has 0 spiro atoms. The fourth-order valence-electron chi connectivity index (χ4n) is 5.81. The molecule has 204 valence electrons. The number of hydrogen-bond donors (Lipinski definition) is 2. The van der Waals surface area contributed by atoms with Crippen molar-refractivity contribution >= 4 is 34.1 Å². The Morgan fingerprint density at radius 3 is 2.56 bits per heavy atom. The zero-order valence-electron chi connectivity index (χ0n) is 22.4. The third kappa shape index (κ3) is 5.62. The summed E-state index contributed by atoms with van der Waals surface area (Å²) in [7, 11) is 0. The molecule has 3 aromatic rings. The molecule has 2 amide bonds. The van der Waals surface area contributed by atoms with E-state index in [0.717, 1.165) is 74.2 Å². The highest BCUT2D eigenvalue weighted by Gasteiger charge is 2.35. The van der Waals surface area contributed by atoms with Crippen molar-refractivity contribution in [2.75, 3.05) is 23.3 Å². The smallest absolute Gasteiger partial charge is 0.254 e. The summed E-state index contributed by atoms with van der Waals surface area (Å²) in [6.07, 6.45) is 13.6. The van der Waals surface area contributed by atoms with Gasteiger partial charge in [-0.3, -0.25) is 9.59 Å². The Labute approximate surface area is 234 Å². The molecule has 39 heavy (non-hydrogen) atoms. The van der Waals surface area contributed by atoms with Crippen LogP contribution in [0.2, 0.25) is 0 Å². The number of carbonyl (C=O) groups excluding carboxylic acids is 2. The maximum atomic E-state index is 13.5. The molecule has 2 heterocycles. The van der Waals surface area contributed by atoms with Gasteiger partial charge in [0.2, 0.25) is 11.9 Å². The van der Waals surface area contributed by atoms with Crippen molar-refractivity contribution in [3.8, 4) is 0 Å². The highest BCUT2D eigenvalue weighted by Crippen LogP contribution is 2.43. The number of nitrogens with zero attached hydrogens (tertiary/aromatic N) is 3. The van der Waals surface area contributed by atoms with E-state index in [1.54, 1.807) is 11.3 Å². The van der Waals surface area contributed by atoms with Gasteiger partial charge in [-0.25, -0.2) is 4.98 Å². The van der Waals surface area contributed by atoms with E-state index in [1.807, 2.05) is 6.20 Å². The van der Waals surface area contributed by atoms with Crippen LogP contribution in [0.3, 0.4) is 0 Å². The molecule has 4 aliphatic carbocycles. The molecule has 7 nitrogen and oxygen atoms in total. The number of rotatable bonds is 11. The van der Waals surface area contributed by atoms with Crippen LogP contribution in [0.5, 0.6) is 0 Å². The largest absolute Gasteiger partial charge is 0.352 e. The lowest BCUT2D eigenvalue weighted by atomic mass is 9.91. The van der Waals surface area contributed by atoms with Gasteiger partial charge in [0.1, 0.15) is 5.00 Å². The Morgan fingerprint density at radius 1 is 1.03 bits per heavy atom. The zero-order valence-corrected chi connectivity index (χ0v) is 23.2. The summed E-state index contributed by atoms with van der Waals surface area (Å²) in [5.74, 6) is 2.52. The fourth-order valence-corrected chi connectivity index (χ4v) is 7.05. The van der Waals surface area contributed by atoms with Crippen molar-refractivity contribution in [3.63, 3.8) is 0 Å². The number of carbonyl (C=O) groups is 2. The third-order valence-corrected chi connectivity index (χ3v) is 9.82. The number of aryl methyl sites for hydroxylation is 1. The van der Waals surface area contributed by atoms with Crippen LogP contribution in [0.15, 0.2) is 42.7 Å². The molecule has 7 rings (SSSR count). The molecule has 0 radical (unpaired) electrons. The summed E-state index contributed by atoms with van der Waals surface area (Å²) in [4.78, 5) is 34.8. The maximum absolute atomic E-state index is 13.5. The number of fused-ring (bicyclic) bond motifs is 1. The summed E-state index contributed by atoms with van der Waals surface area (Å²) in [6, 6.07) is 10.9. The number of imidazole rings is 1. The molecule has 0 saturated heterocycles. The molecular formula is C31H37N5O2S. The molecule has 0 aliphatic heterocycles. The van der Waals surface area contributed by atoms with Gasteiger partial charge in [-0.05, 0) is 80.8 Å². The highest BCUT2D eigenvalue weighted by atomic mass is 32.1. The fraction of sp³-hybridized carbons (Fsp3) is 0.516. The first-order valence-electron chi connectivity index (χ1n) is 14.7. The predicted molar refractivity (Wildman–Crippen MR) is 154 cm³/mol. The zero-order chi connectivity index (χ0) is 26.3. The molecule has 1 atom stereocenters. The molecule has 3 fully saturated rings. The van der Waals surface area contributed by atoms with Crippen LogP contribution < -0.4 is 15.5 Å². The van der Waals surface area contributed by atoms with Crippen LogP contribution in [-0.4, -0.2) is 34.5 Å². The standard InChI is InChI=1S/C31H37N5O2S/c37-28(23-10-11-23)34-30-27(29(38)33-17-20-6-7-20)25-16-24(12-13-26(25)39-30)36-15-14-32-31(36)35(19-22-8-9-22)18-21-4-2-1-3-5-21/h1-5,14-15,20,22-24H,6-13,16-19H2,(H,33,38)(H,34,37)/t24-/m0/s1. The maximum Gasteiger partial charge on any atom is 0.254 e. The second kappa shape index (κ2) is 10.5. The summed E-state index contributed by atoms with van der Waals surface area (Å²) >= 11 is 1.61. The summed E-state index contributed by atoms with van der Waals surface area (Å²) in [5, 5.41) is 7.07. The van der Waals surface area contributed by atoms with Gasteiger partial charge >= 0.3 is 0 Å². The van der Waals surface area contributed by atoms with E-state index in [2.05, 4.69) is 56.6 Å². The Bertz CT molecular complexity index is 1350. The van der Waals surface area contributed by atoms with E-state index in [-0.39, 0.29) is 23.8 Å². The minimum atomic E-state index is -0.0311. The summed E-state index contributed by atoms with van der Waals surface area (Å²) in [6.45, 7) is 2.59. The van der Waals surface area contributed by atoms with Crippen LogP contribution in [0, 0.1) is 17.8 Å². The number of amides is 2. The van der Waals surface area contributed by atoms with Gasteiger partial charge in [-0.15, -0.1) is 11.3 Å². The minimum absolute atomic E-state index is 0.0311. The average molecular weight is 544 g/mol. The second-order valence-corrected chi connectivity index (χ2v) is 13.1. The SMILES string of the molecule is O=C(NCC1CC1)c1c(NC(=O)C2CC2)sc2c1C[C@@H](n1ccnc1N(Cc1ccccc1)CC1CC1)CC2. The van der Waals surface area contributed by atoms with Gasteiger partial charge in [0.15, 0.2) is 0 Å². The van der Waals surface area contributed by atoms with E-state index in [9.17, 15) is 9.59 Å². The Hall–Kier alpha value is -3.13. The van der Waals surface area contributed by atoms with E-state index in [1.165, 1.54) is 36.1 Å². The van der Waals surface area contributed by atoms with Crippen LogP contribution in [-0.2, 0) is 24.2 Å². The van der Waals surface area contributed by atoms with Crippen molar-refractivity contribution in [3.05, 3.63) is 64.3 Å². The first-order chi connectivity index (χ1) is 19.1. The first kappa shape index (κ1) is 24.9. The average Bonchev–Trinajstić information content (AvgIpc) is 3.84. The lowest BCUT2D eigenvalue weighted by molar-refractivity contribution is -0.117. The summed E-state index contributed by atoms with van der Waals surface area (Å²) < 4.78 is 2.35. The quantitative estimate of drug-likeness (QED) is 0.331. The van der Waals surface area contributed by atoms with Gasteiger partial charge in [0.05, 0.1) is 5.56 Å². The van der Waals surface area contributed by atoms with E-state index in [4.69, 9.17) is 4.98 Å². The molecule has 4 aliphatic rings. The van der Waals surface area contributed by atoms with Crippen molar-refractivity contribution < 1.29 is 9.59 Å². The Kier molecular flexibility index (Phi) is 6.67. The van der Waals surface area contributed by atoms with Gasteiger partial charge in [0.25, 0.3) is 5.91 Å².